The fourth-order valence-corrected chi connectivity index (χ4v) is 3.23. The van der Waals surface area contributed by atoms with Crippen molar-refractivity contribution in [3.63, 3.8) is 0 Å². The summed E-state index contributed by atoms with van der Waals surface area (Å²) in [5.74, 6) is 0.386. The smallest absolute Gasteiger partial charge is 0.0557 e. The number of rotatable bonds is 3. The summed E-state index contributed by atoms with van der Waals surface area (Å²) < 4.78 is 1.07. The second-order valence-corrected chi connectivity index (χ2v) is 6.08. The van der Waals surface area contributed by atoms with Crippen molar-refractivity contribution < 1.29 is 5.11 Å². The Kier molecular flexibility index (Phi) is 4.30. The minimum absolute atomic E-state index is 0.0391. The summed E-state index contributed by atoms with van der Waals surface area (Å²) in [5.41, 5.74) is 8.24. The van der Waals surface area contributed by atoms with Gasteiger partial charge in [-0.3, -0.25) is 0 Å². The van der Waals surface area contributed by atoms with Crippen molar-refractivity contribution in [2.75, 3.05) is 18.0 Å². The third-order valence-corrected chi connectivity index (χ3v) is 4.43. The first-order valence-corrected chi connectivity index (χ1v) is 7.26. The van der Waals surface area contributed by atoms with Crippen LogP contribution >= 0.6 is 15.9 Å². The van der Waals surface area contributed by atoms with Gasteiger partial charge in [-0.25, -0.2) is 0 Å². The van der Waals surface area contributed by atoms with Crippen LogP contribution in [-0.2, 0) is 0 Å². The van der Waals surface area contributed by atoms with Crippen LogP contribution < -0.4 is 10.6 Å². The summed E-state index contributed by atoms with van der Waals surface area (Å²) in [5, 5.41) is 9.64. The fraction of sp³-hybridized carbons (Fsp3) is 0.571. The standard InChI is InChI=1S/C14H21BrN2O/c1-9(16)13-4-3-12(7-14(13)15)17-6-5-11(8-17)10(2)18/h3-4,7,9-11,18H,5-6,8,16H2,1-2H3. The first-order chi connectivity index (χ1) is 8.49. The highest BCUT2D eigenvalue weighted by molar-refractivity contribution is 9.10. The van der Waals surface area contributed by atoms with Crippen molar-refractivity contribution in [2.45, 2.75) is 32.4 Å². The van der Waals surface area contributed by atoms with Gasteiger partial charge in [0.2, 0.25) is 0 Å². The maximum absolute atomic E-state index is 9.64. The van der Waals surface area contributed by atoms with Gasteiger partial charge in [0.25, 0.3) is 0 Å². The third-order valence-electron chi connectivity index (χ3n) is 3.75. The average molecular weight is 313 g/mol. The molecule has 0 bridgehead atoms. The van der Waals surface area contributed by atoms with Crippen molar-refractivity contribution >= 4 is 21.6 Å². The van der Waals surface area contributed by atoms with Crippen molar-refractivity contribution in [1.82, 2.24) is 0 Å². The molecule has 100 valence electrons. The molecule has 1 aliphatic rings. The maximum atomic E-state index is 9.64. The number of aliphatic hydroxyl groups excluding tert-OH is 1. The number of aliphatic hydroxyl groups is 1. The van der Waals surface area contributed by atoms with E-state index in [9.17, 15) is 5.11 Å². The fourth-order valence-electron chi connectivity index (χ4n) is 2.50. The molecule has 1 aromatic rings. The van der Waals surface area contributed by atoms with Gasteiger partial charge in [0, 0.05) is 35.2 Å². The van der Waals surface area contributed by atoms with Crippen LogP contribution in [0.1, 0.15) is 31.9 Å². The lowest BCUT2D eigenvalue weighted by molar-refractivity contribution is 0.136. The first kappa shape index (κ1) is 13.8. The van der Waals surface area contributed by atoms with Gasteiger partial charge in [-0.15, -0.1) is 0 Å². The van der Waals surface area contributed by atoms with Crippen LogP contribution in [0.15, 0.2) is 22.7 Å². The Labute approximate surface area is 117 Å². The minimum Gasteiger partial charge on any atom is -0.393 e. The van der Waals surface area contributed by atoms with Gasteiger partial charge in [0.15, 0.2) is 0 Å². The molecular formula is C14H21BrN2O. The van der Waals surface area contributed by atoms with Gasteiger partial charge < -0.3 is 15.7 Å². The van der Waals surface area contributed by atoms with Crippen LogP contribution in [0, 0.1) is 5.92 Å². The number of nitrogens with zero attached hydrogens (tertiary/aromatic N) is 1. The molecule has 0 spiro atoms. The second kappa shape index (κ2) is 5.59. The van der Waals surface area contributed by atoms with E-state index in [4.69, 9.17) is 5.73 Å². The van der Waals surface area contributed by atoms with E-state index in [1.807, 2.05) is 13.8 Å². The van der Waals surface area contributed by atoms with E-state index in [-0.39, 0.29) is 12.1 Å². The molecule has 1 heterocycles. The summed E-state index contributed by atoms with van der Waals surface area (Å²) in [6.07, 6.45) is 0.839. The molecule has 3 nitrogen and oxygen atoms in total. The number of anilines is 1. The Morgan fingerprint density at radius 2 is 2.17 bits per heavy atom. The Morgan fingerprint density at radius 1 is 1.44 bits per heavy atom. The molecule has 0 aromatic heterocycles. The molecule has 1 fully saturated rings. The zero-order chi connectivity index (χ0) is 13.3. The highest BCUT2D eigenvalue weighted by Gasteiger charge is 2.26. The van der Waals surface area contributed by atoms with E-state index < -0.39 is 0 Å². The van der Waals surface area contributed by atoms with Gasteiger partial charge in [-0.1, -0.05) is 22.0 Å². The SMILES string of the molecule is CC(N)c1ccc(N2CCC(C(C)O)C2)cc1Br. The molecule has 0 aliphatic carbocycles. The van der Waals surface area contributed by atoms with E-state index in [0.717, 1.165) is 29.5 Å². The monoisotopic (exact) mass is 312 g/mol. The van der Waals surface area contributed by atoms with Gasteiger partial charge in [0.05, 0.1) is 6.10 Å². The van der Waals surface area contributed by atoms with E-state index in [1.54, 1.807) is 0 Å². The molecule has 2 rings (SSSR count). The quantitative estimate of drug-likeness (QED) is 0.902. The van der Waals surface area contributed by atoms with Crippen LogP contribution in [-0.4, -0.2) is 24.3 Å². The second-order valence-electron chi connectivity index (χ2n) is 5.23. The minimum atomic E-state index is -0.221. The Balaban J connectivity index is 2.13. The highest BCUT2D eigenvalue weighted by Crippen LogP contribution is 2.31. The van der Waals surface area contributed by atoms with E-state index >= 15 is 0 Å². The van der Waals surface area contributed by atoms with E-state index in [0.29, 0.717) is 5.92 Å². The molecule has 3 atom stereocenters. The average Bonchev–Trinajstić information content (AvgIpc) is 2.77. The normalized spacial score (nSPS) is 23.2. The summed E-state index contributed by atoms with van der Waals surface area (Å²) >= 11 is 3.58. The molecular weight excluding hydrogens is 292 g/mol. The Hall–Kier alpha value is -0.580. The molecule has 3 unspecified atom stereocenters. The van der Waals surface area contributed by atoms with E-state index in [2.05, 4.69) is 39.0 Å². The number of nitrogens with two attached hydrogens (primary N) is 1. The molecule has 1 saturated heterocycles. The summed E-state index contributed by atoms with van der Waals surface area (Å²) in [7, 11) is 0. The highest BCUT2D eigenvalue weighted by atomic mass is 79.9. The van der Waals surface area contributed by atoms with Crippen LogP contribution in [0.5, 0.6) is 0 Å². The molecule has 1 aromatic carbocycles. The number of hydrogen-bond donors (Lipinski definition) is 2. The number of hydrogen-bond acceptors (Lipinski definition) is 3. The van der Waals surface area contributed by atoms with Crippen molar-refractivity contribution in [3.05, 3.63) is 28.2 Å². The molecule has 3 N–H and O–H groups in total. The Bertz CT molecular complexity index is 420. The molecule has 18 heavy (non-hydrogen) atoms. The van der Waals surface area contributed by atoms with E-state index in [1.165, 1.54) is 5.69 Å². The lowest BCUT2D eigenvalue weighted by Crippen LogP contribution is -2.23. The van der Waals surface area contributed by atoms with Crippen molar-refractivity contribution in [3.8, 4) is 0 Å². The molecule has 0 amide bonds. The summed E-state index contributed by atoms with van der Waals surface area (Å²) in [6, 6.07) is 6.37. The number of halogens is 1. The lowest BCUT2D eigenvalue weighted by atomic mass is 10.0. The first-order valence-electron chi connectivity index (χ1n) is 6.47. The molecule has 0 radical (unpaired) electrons. The summed E-state index contributed by atoms with van der Waals surface area (Å²) in [6.45, 7) is 5.81. The van der Waals surface area contributed by atoms with Crippen LogP contribution in [0.2, 0.25) is 0 Å². The largest absolute Gasteiger partial charge is 0.393 e. The Morgan fingerprint density at radius 3 is 2.67 bits per heavy atom. The maximum Gasteiger partial charge on any atom is 0.0557 e. The number of benzene rings is 1. The predicted molar refractivity (Wildman–Crippen MR) is 78.7 cm³/mol. The third kappa shape index (κ3) is 2.87. The molecule has 4 heteroatoms. The van der Waals surface area contributed by atoms with Crippen molar-refractivity contribution in [2.24, 2.45) is 11.7 Å². The zero-order valence-corrected chi connectivity index (χ0v) is 12.5. The van der Waals surface area contributed by atoms with Gasteiger partial charge >= 0.3 is 0 Å². The zero-order valence-electron chi connectivity index (χ0n) is 10.9. The molecule has 1 aliphatic heterocycles. The summed E-state index contributed by atoms with van der Waals surface area (Å²) in [4.78, 5) is 2.33. The van der Waals surface area contributed by atoms with Crippen molar-refractivity contribution in [1.29, 1.82) is 0 Å². The van der Waals surface area contributed by atoms with Crippen LogP contribution in [0.4, 0.5) is 5.69 Å². The topological polar surface area (TPSA) is 49.5 Å². The van der Waals surface area contributed by atoms with Gasteiger partial charge in [-0.2, -0.15) is 0 Å². The van der Waals surface area contributed by atoms with Gasteiger partial charge in [-0.05, 0) is 38.0 Å². The molecule has 0 saturated carbocycles. The lowest BCUT2D eigenvalue weighted by Gasteiger charge is -2.21. The van der Waals surface area contributed by atoms with Gasteiger partial charge in [0.1, 0.15) is 0 Å². The van der Waals surface area contributed by atoms with Crippen LogP contribution in [0.25, 0.3) is 0 Å². The predicted octanol–water partition coefficient (Wildman–Crippen LogP) is 2.68. The van der Waals surface area contributed by atoms with Crippen LogP contribution in [0.3, 0.4) is 0 Å².